The summed E-state index contributed by atoms with van der Waals surface area (Å²) in [6.07, 6.45) is 14.4. The van der Waals surface area contributed by atoms with Crippen LogP contribution < -0.4 is 0 Å². The van der Waals surface area contributed by atoms with E-state index in [1.807, 2.05) is 0 Å². The maximum Gasteiger partial charge on any atom is -0.0474 e. The van der Waals surface area contributed by atoms with E-state index >= 15 is 0 Å². The summed E-state index contributed by atoms with van der Waals surface area (Å²) in [5.41, 5.74) is 0. The first-order valence-electron chi connectivity index (χ1n) is 25.0. The highest BCUT2D eigenvalue weighted by Crippen LogP contribution is 1.98. The van der Waals surface area contributed by atoms with Crippen LogP contribution in [0.2, 0.25) is 0 Å². The molecule has 0 radical (unpaired) electrons. The van der Waals surface area contributed by atoms with E-state index in [-0.39, 0.29) is 0 Å². The van der Waals surface area contributed by atoms with Gasteiger partial charge in [0, 0.05) is 0 Å². The Hall–Kier alpha value is 0. The zero-order valence-corrected chi connectivity index (χ0v) is 47.1. The molecular weight excluding hydrogens is 661 g/mol. The fourth-order valence-corrected chi connectivity index (χ4v) is 0. The van der Waals surface area contributed by atoms with E-state index in [4.69, 9.17) is 0 Å². The zero-order chi connectivity index (χ0) is 47.1. The molecule has 0 aliphatic rings. The fourth-order valence-electron chi connectivity index (χ4n) is 0. The average molecular weight is 794 g/mol. The first-order chi connectivity index (χ1) is 25.0. The lowest BCUT2D eigenvalue weighted by Gasteiger charge is -1.90. The second-order valence-corrected chi connectivity index (χ2v) is 19.8. The summed E-state index contributed by atoms with van der Waals surface area (Å²) in [5.74, 6) is 9.73. The van der Waals surface area contributed by atoms with E-state index in [0.717, 1.165) is 65.1 Å². The average Bonchev–Trinajstić information content (AvgIpc) is 3.13. The van der Waals surface area contributed by atoms with Crippen molar-refractivity contribution in [3.63, 3.8) is 0 Å². The SMILES string of the molecule is CCC(C)C.CCC(C)C.CCC(C)C.CCC(C)C.CCC(C)C.CCC(C)C.CCC(C)C.CCC(C)C.CCC(C)C.CCC(C)C.CCC(C)C. The van der Waals surface area contributed by atoms with E-state index in [1.54, 1.807) is 0 Å². The normalized spacial score (nSPS) is 9.60. The van der Waals surface area contributed by atoms with Crippen molar-refractivity contribution in [2.45, 2.75) is 299 Å². The topological polar surface area (TPSA) is 0 Å². The van der Waals surface area contributed by atoms with Gasteiger partial charge in [0.25, 0.3) is 0 Å². The molecule has 0 spiro atoms. The van der Waals surface area contributed by atoms with Crippen molar-refractivity contribution in [2.24, 2.45) is 65.1 Å². The van der Waals surface area contributed by atoms with E-state index in [0.29, 0.717) is 0 Å². The molecule has 0 fully saturated rings. The summed E-state index contributed by atoms with van der Waals surface area (Å²) in [5, 5.41) is 0. The van der Waals surface area contributed by atoms with Crippen molar-refractivity contribution >= 4 is 0 Å². The van der Waals surface area contributed by atoms with Crippen LogP contribution in [0.5, 0.6) is 0 Å². The van der Waals surface area contributed by atoms with Gasteiger partial charge in [-0.1, -0.05) is 299 Å². The third-order valence-corrected chi connectivity index (χ3v) is 8.98. The molecule has 0 aliphatic carbocycles. The highest BCUT2D eigenvalue weighted by molar-refractivity contribution is 4.37. The Labute approximate surface area is 363 Å². The Morgan fingerprint density at radius 3 is 0.145 bits per heavy atom. The van der Waals surface area contributed by atoms with Gasteiger partial charge in [-0.3, -0.25) is 0 Å². The van der Waals surface area contributed by atoms with Gasteiger partial charge < -0.3 is 0 Å². The molecule has 0 aromatic carbocycles. The van der Waals surface area contributed by atoms with Crippen LogP contribution in [0.1, 0.15) is 299 Å². The van der Waals surface area contributed by atoms with Crippen molar-refractivity contribution in [1.29, 1.82) is 0 Å². The highest BCUT2D eigenvalue weighted by atomic mass is 13.9. The van der Waals surface area contributed by atoms with Crippen LogP contribution in [0.4, 0.5) is 0 Å². The Kier molecular flexibility index (Phi) is 118. The van der Waals surface area contributed by atoms with Gasteiger partial charge >= 0.3 is 0 Å². The van der Waals surface area contributed by atoms with Crippen LogP contribution in [0.25, 0.3) is 0 Å². The third kappa shape index (κ3) is 302. The minimum atomic E-state index is 0.884. The monoisotopic (exact) mass is 793 g/mol. The molecule has 0 N–H and O–H groups in total. The first kappa shape index (κ1) is 82.8. The molecule has 0 heteroatoms. The summed E-state index contributed by atoms with van der Waals surface area (Å²) in [6, 6.07) is 0. The molecule has 0 aromatic heterocycles. The van der Waals surface area contributed by atoms with E-state index in [2.05, 4.69) is 228 Å². The minimum absolute atomic E-state index is 0.884. The Bertz CT molecular complexity index is 306. The van der Waals surface area contributed by atoms with E-state index in [1.165, 1.54) is 70.6 Å². The van der Waals surface area contributed by atoms with Crippen LogP contribution in [0.3, 0.4) is 0 Å². The Morgan fingerprint density at radius 1 is 0.127 bits per heavy atom. The molecule has 0 nitrogen and oxygen atoms in total. The lowest BCUT2D eigenvalue weighted by molar-refractivity contribution is 0.626. The number of hydrogen-bond acceptors (Lipinski definition) is 0. The predicted molar refractivity (Wildman–Crippen MR) is 276 cm³/mol. The Morgan fingerprint density at radius 2 is 0.145 bits per heavy atom. The third-order valence-electron chi connectivity index (χ3n) is 8.98. The van der Waals surface area contributed by atoms with Crippen LogP contribution >= 0.6 is 0 Å². The van der Waals surface area contributed by atoms with Gasteiger partial charge in [0.15, 0.2) is 0 Å². The van der Waals surface area contributed by atoms with Gasteiger partial charge in [-0.25, -0.2) is 0 Å². The second-order valence-electron chi connectivity index (χ2n) is 19.8. The summed E-state index contributed by atoms with van der Waals surface area (Å²) >= 11 is 0. The lowest BCUT2D eigenvalue weighted by atomic mass is 10.2. The van der Waals surface area contributed by atoms with Crippen molar-refractivity contribution in [1.82, 2.24) is 0 Å². The van der Waals surface area contributed by atoms with E-state index in [9.17, 15) is 0 Å². The first-order valence-corrected chi connectivity index (χ1v) is 25.0. The Balaban J connectivity index is -0.0000000430. The maximum absolute atomic E-state index is 2.22. The zero-order valence-electron chi connectivity index (χ0n) is 47.1. The molecule has 0 unspecified atom stereocenters. The van der Waals surface area contributed by atoms with E-state index < -0.39 is 0 Å². The van der Waals surface area contributed by atoms with Crippen molar-refractivity contribution in [2.75, 3.05) is 0 Å². The molecular formula is C55H132. The molecule has 55 heavy (non-hydrogen) atoms. The smallest absolute Gasteiger partial charge is 0.0474 e. The molecule has 0 heterocycles. The van der Waals surface area contributed by atoms with Gasteiger partial charge in [-0.2, -0.15) is 0 Å². The largest absolute Gasteiger partial charge is 0.0651 e. The molecule has 0 bridgehead atoms. The molecule has 0 saturated carbocycles. The summed E-state index contributed by atoms with van der Waals surface area (Å²) < 4.78 is 0. The molecule has 0 aliphatic heterocycles. The highest BCUT2D eigenvalue weighted by Gasteiger charge is 1.84. The van der Waals surface area contributed by atoms with Crippen LogP contribution in [0.15, 0.2) is 0 Å². The fraction of sp³-hybridized carbons (Fsp3) is 1.00. The second kappa shape index (κ2) is 78.4. The quantitative estimate of drug-likeness (QED) is 0.195. The summed E-state index contributed by atoms with van der Waals surface area (Å²) in [4.78, 5) is 0. The van der Waals surface area contributed by atoms with Crippen molar-refractivity contribution < 1.29 is 0 Å². The van der Waals surface area contributed by atoms with Gasteiger partial charge in [0.1, 0.15) is 0 Å². The number of hydrogen-bond donors (Lipinski definition) is 0. The van der Waals surface area contributed by atoms with Crippen LogP contribution in [-0.4, -0.2) is 0 Å². The molecule has 0 amide bonds. The van der Waals surface area contributed by atoms with Gasteiger partial charge in [0.2, 0.25) is 0 Å². The van der Waals surface area contributed by atoms with Crippen molar-refractivity contribution in [3.8, 4) is 0 Å². The maximum atomic E-state index is 2.22. The molecule has 0 aromatic rings. The number of rotatable bonds is 11. The summed E-state index contributed by atoms with van der Waals surface area (Å²) in [6.45, 7) is 73.1. The van der Waals surface area contributed by atoms with Crippen LogP contribution in [0, 0.1) is 65.1 Å². The summed E-state index contributed by atoms with van der Waals surface area (Å²) in [7, 11) is 0. The molecule has 352 valence electrons. The van der Waals surface area contributed by atoms with Gasteiger partial charge in [-0.15, -0.1) is 0 Å². The van der Waals surface area contributed by atoms with Gasteiger partial charge in [-0.05, 0) is 65.1 Å². The van der Waals surface area contributed by atoms with Crippen LogP contribution in [-0.2, 0) is 0 Å². The van der Waals surface area contributed by atoms with Crippen molar-refractivity contribution in [3.05, 3.63) is 0 Å². The molecule has 0 rings (SSSR count). The molecule has 0 atom stereocenters. The lowest BCUT2D eigenvalue weighted by Crippen LogP contribution is -1.77. The molecule has 0 saturated heterocycles. The van der Waals surface area contributed by atoms with Gasteiger partial charge in [0.05, 0.1) is 0 Å². The standard InChI is InChI=1S/11C5H12/c11*1-4-5(2)3/h11*5H,4H2,1-3H3. The minimum Gasteiger partial charge on any atom is -0.0651 e. The predicted octanol–water partition coefficient (Wildman–Crippen LogP) is 22.6.